The lowest BCUT2D eigenvalue weighted by Crippen LogP contribution is -2.44. The molecule has 0 spiro atoms. The normalized spacial score (nSPS) is 13.7. The second kappa shape index (κ2) is 51.3. The Morgan fingerprint density at radius 3 is 1.21 bits per heavy atom. The van der Waals surface area contributed by atoms with Crippen LogP contribution in [0.5, 0.6) is 0 Å². The van der Waals surface area contributed by atoms with Crippen molar-refractivity contribution >= 4 is 17.9 Å². The van der Waals surface area contributed by atoms with Gasteiger partial charge in [0, 0.05) is 12.8 Å². The third-order valence-corrected chi connectivity index (χ3v) is 11.3. The number of likely N-dealkylation sites (N-methyl/N-ethyl adjacent to an activating group) is 1. The number of aliphatic carboxylic acids is 1. The minimum atomic E-state index is -1.63. The van der Waals surface area contributed by atoms with Crippen molar-refractivity contribution in [1.82, 2.24) is 0 Å². The number of nitrogens with zero attached hydrogens (tertiary/aromatic N) is 1. The topological polar surface area (TPSA) is 111 Å². The van der Waals surface area contributed by atoms with Crippen LogP contribution in [0.3, 0.4) is 0 Å². The molecule has 9 nitrogen and oxygen atoms in total. The van der Waals surface area contributed by atoms with Crippen molar-refractivity contribution in [3.63, 3.8) is 0 Å². The highest BCUT2D eigenvalue weighted by Crippen LogP contribution is 2.14. The maximum absolute atomic E-state index is 12.8. The predicted octanol–water partition coefficient (Wildman–Crippen LogP) is 14.6. The van der Waals surface area contributed by atoms with E-state index in [9.17, 15) is 19.5 Å². The monoisotopic (exact) mass is 976 g/mol. The van der Waals surface area contributed by atoms with Gasteiger partial charge < -0.3 is 33.3 Å². The molecule has 0 aliphatic carbocycles. The van der Waals surface area contributed by atoms with E-state index < -0.39 is 24.3 Å². The number of esters is 2. The van der Waals surface area contributed by atoms with Gasteiger partial charge in [0.1, 0.15) is 13.2 Å². The molecule has 70 heavy (non-hydrogen) atoms. The molecule has 0 heterocycles. The maximum Gasteiger partial charge on any atom is 0.306 e. The van der Waals surface area contributed by atoms with E-state index >= 15 is 0 Å². The Hall–Kier alpha value is -4.05. The molecule has 0 rings (SSSR count). The van der Waals surface area contributed by atoms with E-state index in [4.69, 9.17) is 18.9 Å². The molecule has 0 aromatic heterocycles. The van der Waals surface area contributed by atoms with Gasteiger partial charge in [0.15, 0.2) is 12.4 Å². The maximum atomic E-state index is 12.8. The molecule has 9 heteroatoms. The Balaban J connectivity index is 4.29. The first-order valence-electron chi connectivity index (χ1n) is 27.5. The first-order valence-corrected chi connectivity index (χ1v) is 27.5. The van der Waals surface area contributed by atoms with Crippen molar-refractivity contribution in [2.45, 2.75) is 212 Å². The van der Waals surface area contributed by atoms with Crippen LogP contribution < -0.4 is 5.11 Å². The van der Waals surface area contributed by atoms with Crippen molar-refractivity contribution in [3.8, 4) is 0 Å². The van der Waals surface area contributed by atoms with Crippen LogP contribution in [0.2, 0.25) is 0 Å². The molecule has 0 N–H and O–H groups in total. The van der Waals surface area contributed by atoms with Crippen LogP contribution in [0, 0.1) is 0 Å². The van der Waals surface area contributed by atoms with Gasteiger partial charge in [-0.05, 0) is 83.5 Å². The molecule has 0 bridgehead atoms. The highest BCUT2D eigenvalue weighted by atomic mass is 16.7. The van der Waals surface area contributed by atoms with Crippen molar-refractivity contribution in [2.24, 2.45) is 0 Å². The van der Waals surface area contributed by atoms with E-state index in [-0.39, 0.29) is 38.6 Å². The summed E-state index contributed by atoms with van der Waals surface area (Å²) in [6.45, 7) is 4.58. The average Bonchev–Trinajstić information content (AvgIpc) is 3.33. The van der Waals surface area contributed by atoms with Crippen LogP contribution in [0.1, 0.15) is 200 Å². The number of rotatable bonds is 49. The number of hydrogen-bond acceptors (Lipinski definition) is 8. The largest absolute Gasteiger partial charge is 0.545 e. The van der Waals surface area contributed by atoms with Gasteiger partial charge in [-0.15, -0.1) is 0 Å². The van der Waals surface area contributed by atoms with Crippen molar-refractivity contribution in [1.29, 1.82) is 0 Å². The number of carbonyl (C=O) groups excluding carboxylic acids is 3. The van der Waals surface area contributed by atoms with Gasteiger partial charge in [0.2, 0.25) is 0 Å². The third kappa shape index (κ3) is 51.8. The van der Waals surface area contributed by atoms with E-state index in [0.29, 0.717) is 17.4 Å². The summed E-state index contributed by atoms with van der Waals surface area (Å²) in [5.41, 5.74) is 0. The van der Waals surface area contributed by atoms with Crippen LogP contribution >= 0.6 is 0 Å². The molecular weight excluding hydrogens is 875 g/mol. The molecule has 0 aromatic rings. The molecule has 0 aromatic carbocycles. The van der Waals surface area contributed by atoms with Gasteiger partial charge in [0.05, 0.1) is 40.3 Å². The Morgan fingerprint density at radius 1 is 0.443 bits per heavy atom. The molecule has 0 aliphatic heterocycles. The second-order valence-corrected chi connectivity index (χ2v) is 19.1. The van der Waals surface area contributed by atoms with Crippen molar-refractivity contribution in [3.05, 3.63) is 109 Å². The quantitative estimate of drug-likeness (QED) is 0.0195. The third-order valence-electron chi connectivity index (χ3n) is 11.3. The molecule has 2 unspecified atom stereocenters. The molecule has 0 aliphatic rings. The lowest BCUT2D eigenvalue weighted by atomic mass is 10.0. The first kappa shape index (κ1) is 66.0. The lowest BCUT2D eigenvalue weighted by Gasteiger charge is -2.26. The number of carboxylic acid groups (broad SMARTS) is 1. The summed E-state index contributed by atoms with van der Waals surface area (Å²) < 4.78 is 22.6. The number of hydrogen-bond donors (Lipinski definition) is 0. The fourth-order valence-corrected chi connectivity index (χ4v) is 7.06. The Labute approximate surface area is 428 Å². The fraction of sp³-hybridized carbons (Fsp3) is 0.656. The summed E-state index contributed by atoms with van der Waals surface area (Å²) in [6.07, 6.45) is 67.1. The summed E-state index contributed by atoms with van der Waals surface area (Å²) in [5.74, 6) is -2.32. The Morgan fingerprint density at radius 2 is 0.814 bits per heavy atom. The summed E-state index contributed by atoms with van der Waals surface area (Å²) in [6, 6.07) is 0. The predicted molar refractivity (Wildman–Crippen MR) is 292 cm³/mol. The van der Waals surface area contributed by atoms with Crippen molar-refractivity contribution < 1.29 is 42.9 Å². The van der Waals surface area contributed by atoms with Gasteiger partial charge in [0.25, 0.3) is 0 Å². The van der Waals surface area contributed by atoms with E-state index in [1.54, 1.807) is 0 Å². The first-order chi connectivity index (χ1) is 34.1. The van der Waals surface area contributed by atoms with Gasteiger partial charge in [-0.25, -0.2) is 0 Å². The summed E-state index contributed by atoms with van der Waals surface area (Å²) in [7, 11) is 5.90. The van der Waals surface area contributed by atoms with E-state index in [1.807, 2.05) is 21.1 Å². The average molecular weight is 976 g/mol. The molecule has 0 saturated heterocycles. The minimum absolute atomic E-state index is 0.139. The van der Waals surface area contributed by atoms with E-state index in [0.717, 1.165) is 109 Å². The molecule has 0 fully saturated rings. The zero-order valence-corrected chi connectivity index (χ0v) is 45.1. The number of quaternary nitrogens is 1. The fourth-order valence-electron chi connectivity index (χ4n) is 7.06. The standard InChI is InChI=1S/C61H101NO8/c1-6-8-10-12-14-16-18-20-21-22-23-24-25-26-27-28-29-30-31-32-33-34-35-36-37-38-39-40-42-44-46-48-50-52-59(64)70-57(56-69-61(60(65)66)67-54-53-62(3,4)5)55-68-58(63)51-49-47-45-43-41-19-17-15-13-11-9-7-2/h8,10,14,16,20-21,23-24,26-27,29-30,32-33,35-36,38-39,57,61H,6-7,9,11-13,15,17-19,22,25,28,31,34,37,40-56H2,1-5H3/b10-8-,16-14-,21-20-,24-23-,27-26-,30-29-,33-32-,36-35-,39-38-. The van der Waals surface area contributed by atoms with Gasteiger partial charge >= 0.3 is 11.9 Å². The molecule has 2 atom stereocenters. The number of carbonyl (C=O) groups is 3. The molecule has 398 valence electrons. The number of ether oxygens (including phenoxy) is 4. The highest BCUT2D eigenvalue weighted by Gasteiger charge is 2.22. The Kier molecular flexibility index (Phi) is 48.3. The lowest BCUT2D eigenvalue weighted by molar-refractivity contribution is -0.870. The van der Waals surface area contributed by atoms with E-state index in [1.165, 1.54) is 57.8 Å². The molecule has 0 radical (unpaired) electrons. The van der Waals surface area contributed by atoms with Gasteiger partial charge in [-0.2, -0.15) is 0 Å². The smallest absolute Gasteiger partial charge is 0.306 e. The SMILES string of the molecule is CC/C=C\C/C=C\C/C=C\C/C=C\C/C=C\C/C=C\C/C=C\C/C=C\C/C=C\CCCCCCCC(=O)OC(COC(=O)CCCCCCCCCCCCCC)COC(OCC[N+](C)(C)C)C(=O)[O-]. The molecular formula is C61H101NO8. The zero-order valence-electron chi connectivity index (χ0n) is 45.1. The van der Waals surface area contributed by atoms with E-state index in [2.05, 4.69) is 123 Å². The van der Waals surface area contributed by atoms with Crippen LogP contribution in [0.25, 0.3) is 0 Å². The van der Waals surface area contributed by atoms with Crippen LogP contribution in [-0.2, 0) is 33.3 Å². The minimum Gasteiger partial charge on any atom is -0.545 e. The number of allylic oxidation sites excluding steroid dienone is 18. The van der Waals surface area contributed by atoms with Gasteiger partial charge in [-0.3, -0.25) is 9.59 Å². The number of carboxylic acids is 1. The highest BCUT2D eigenvalue weighted by molar-refractivity contribution is 5.70. The van der Waals surface area contributed by atoms with Gasteiger partial charge in [-0.1, -0.05) is 213 Å². The Bertz CT molecular complexity index is 1510. The second-order valence-electron chi connectivity index (χ2n) is 19.1. The zero-order chi connectivity index (χ0) is 51.3. The van der Waals surface area contributed by atoms with Crippen LogP contribution in [0.15, 0.2) is 109 Å². The van der Waals surface area contributed by atoms with Crippen LogP contribution in [0.4, 0.5) is 0 Å². The summed E-state index contributed by atoms with van der Waals surface area (Å²) in [4.78, 5) is 37.1. The summed E-state index contributed by atoms with van der Waals surface area (Å²) in [5, 5.41) is 11.7. The molecule has 0 amide bonds. The summed E-state index contributed by atoms with van der Waals surface area (Å²) >= 11 is 0. The number of unbranched alkanes of at least 4 members (excludes halogenated alkanes) is 16. The van der Waals surface area contributed by atoms with Crippen molar-refractivity contribution in [2.75, 3.05) is 47.5 Å². The molecule has 0 saturated carbocycles. The van der Waals surface area contributed by atoms with Crippen LogP contribution in [-0.4, -0.2) is 82.3 Å².